The highest BCUT2D eigenvalue weighted by molar-refractivity contribution is 9.10. The third kappa shape index (κ3) is 1.36. The number of halogens is 2. The van der Waals surface area contributed by atoms with E-state index in [9.17, 15) is 4.91 Å². The van der Waals surface area contributed by atoms with Gasteiger partial charge in [0.1, 0.15) is 4.47 Å². The predicted octanol–water partition coefficient (Wildman–Crippen LogP) is 1.58. The van der Waals surface area contributed by atoms with E-state index in [1.54, 1.807) is 23.4 Å². The molecule has 0 atom stereocenters. The first-order valence-electron chi connectivity index (χ1n) is 2.58. The first kappa shape index (κ1) is 7.69. The van der Waals surface area contributed by atoms with Crippen molar-refractivity contribution in [3.63, 3.8) is 0 Å². The Morgan fingerprint density at radius 2 is 2.20 bits per heavy atom. The lowest BCUT2D eigenvalue weighted by atomic mass is 10.3. The molecule has 0 fully saturated rings. The average Bonchev–Trinajstić information content (AvgIpc) is 1.95. The Balaban J connectivity index is 3.27. The molecule has 0 aliphatic carbocycles. The molecule has 0 unspecified atom stereocenters. The van der Waals surface area contributed by atoms with Gasteiger partial charge in [0.2, 0.25) is 0 Å². The Morgan fingerprint density at radius 3 is 2.70 bits per heavy atom. The molecule has 0 spiro atoms. The van der Waals surface area contributed by atoms with Crippen molar-refractivity contribution in [2.45, 2.75) is 0 Å². The van der Waals surface area contributed by atoms with Crippen LogP contribution in [0.25, 0.3) is 0 Å². The lowest BCUT2D eigenvalue weighted by Gasteiger charge is -1.90. The maximum Gasteiger partial charge on any atom is 0.268 e. The minimum Gasteiger partial charge on any atom is -0.0828 e. The van der Waals surface area contributed by atoms with E-state index >= 15 is 0 Å². The quantitative estimate of drug-likeness (QED) is 0.767. The first-order valence-corrected chi connectivity index (χ1v) is 3.75. The van der Waals surface area contributed by atoms with E-state index in [1.807, 2.05) is 0 Å². The van der Waals surface area contributed by atoms with E-state index in [2.05, 4.69) is 15.9 Å². The molecule has 1 rings (SSSR count). The molecule has 0 aliphatic rings. The van der Waals surface area contributed by atoms with Crippen LogP contribution in [-0.4, -0.2) is 0 Å². The average molecular weight is 221 g/mol. The second-order valence-corrected chi connectivity index (χ2v) is 2.90. The highest BCUT2D eigenvalue weighted by Crippen LogP contribution is 2.26. The van der Waals surface area contributed by atoms with Crippen molar-refractivity contribution in [1.29, 1.82) is 0 Å². The van der Waals surface area contributed by atoms with Gasteiger partial charge in [0.25, 0.3) is 5.69 Å². The molecule has 1 aromatic carbocycles. The minimum atomic E-state index is 0.451. The third-order valence-electron chi connectivity index (χ3n) is 1.06. The van der Waals surface area contributed by atoms with Crippen LogP contribution in [-0.2, 0) is 0 Å². The van der Waals surface area contributed by atoms with Gasteiger partial charge in [0.15, 0.2) is 0 Å². The van der Waals surface area contributed by atoms with Crippen LogP contribution < -0.4 is 5.18 Å². The van der Waals surface area contributed by atoms with E-state index in [-0.39, 0.29) is 0 Å². The van der Waals surface area contributed by atoms with Crippen LogP contribution in [0.15, 0.2) is 22.7 Å². The molecule has 4 heteroatoms. The smallest absolute Gasteiger partial charge is 0.0828 e. The van der Waals surface area contributed by atoms with E-state index in [4.69, 9.17) is 11.6 Å². The van der Waals surface area contributed by atoms with Crippen LogP contribution in [0.5, 0.6) is 0 Å². The molecule has 1 N–H and O–H groups in total. The van der Waals surface area contributed by atoms with Gasteiger partial charge in [0.05, 0.1) is 5.02 Å². The zero-order chi connectivity index (χ0) is 7.56. The molecule has 0 heterocycles. The predicted molar refractivity (Wildman–Crippen MR) is 43.1 cm³/mol. The first-order chi connectivity index (χ1) is 4.75. The van der Waals surface area contributed by atoms with Gasteiger partial charge >= 0.3 is 0 Å². The molecule has 52 valence electrons. The fourth-order valence-corrected chi connectivity index (χ4v) is 1.10. The molecule has 0 bridgehead atoms. The van der Waals surface area contributed by atoms with Crippen molar-refractivity contribution in [2.24, 2.45) is 0 Å². The maximum absolute atomic E-state index is 10.2. The van der Waals surface area contributed by atoms with Gasteiger partial charge in [-0.3, -0.25) is 0 Å². The number of rotatable bonds is 1. The van der Waals surface area contributed by atoms with Crippen molar-refractivity contribution in [3.8, 4) is 0 Å². The zero-order valence-corrected chi connectivity index (χ0v) is 7.24. The summed E-state index contributed by atoms with van der Waals surface area (Å²) in [6.45, 7) is 0. The SMILES string of the molecule is O=[NH+]c1cccc(Cl)c1Br. The van der Waals surface area contributed by atoms with Crippen LogP contribution in [0, 0.1) is 4.91 Å². The molecule has 0 saturated heterocycles. The standard InChI is InChI=1S/C6H3BrClNO/c7-6-4(8)2-1-3-5(6)9-10/h1-3H/p+1. The number of nitroso groups, excluding NO2 is 1. The topological polar surface area (TPSA) is 31.0 Å². The van der Waals surface area contributed by atoms with Gasteiger partial charge in [-0.15, -0.1) is 0 Å². The maximum atomic E-state index is 10.2. The Kier molecular flexibility index (Phi) is 2.40. The summed E-state index contributed by atoms with van der Waals surface area (Å²) in [5, 5.41) is 2.28. The summed E-state index contributed by atoms with van der Waals surface area (Å²) in [7, 11) is 0. The monoisotopic (exact) mass is 220 g/mol. The summed E-state index contributed by atoms with van der Waals surface area (Å²) < 4.78 is 0.603. The van der Waals surface area contributed by atoms with Crippen LogP contribution >= 0.6 is 27.5 Å². The summed E-state index contributed by atoms with van der Waals surface area (Å²) in [4.78, 5) is 10.2. The second-order valence-electron chi connectivity index (χ2n) is 1.70. The summed E-state index contributed by atoms with van der Waals surface area (Å²) in [5.41, 5.74) is 0.451. The summed E-state index contributed by atoms with van der Waals surface area (Å²) in [5.74, 6) is 0. The molecular formula is C6H4BrClNO+. The highest BCUT2D eigenvalue weighted by atomic mass is 79.9. The largest absolute Gasteiger partial charge is 0.268 e. The van der Waals surface area contributed by atoms with Crippen molar-refractivity contribution in [3.05, 3.63) is 32.6 Å². The van der Waals surface area contributed by atoms with Gasteiger partial charge in [0, 0.05) is 16.2 Å². The van der Waals surface area contributed by atoms with Gasteiger partial charge in [-0.05, 0) is 22.0 Å². The van der Waals surface area contributed by atoms with Crippen molar-refractivity contribution < 1.29 is 5.18 Å². The normalized spacial score (nSPS) is 9.40. The van der Waals surface area contributed by atoms with E-state index in [0.29, 0.717) is 15.2 Å². The van der Waals surface area contributed by atoms with Gasteiger partial charge in [-0.2, -0.15) is 0 Å². The lowest BCUT2D eigenvalue weighted by molar-refractivity contribution is -0.380. The third-order valence-corrected chi connectivity index (χ3v) is 2.46. The second kappa shape index (κ2) is 3.12. The minimum absolute atomic E-state index is 0.451. The molecule has 0 amide bonds. The van der Waals surface area contributed by atoms with Crippen molar-refractivity contribution in [1.82, 2.24) is 0 Å². The van der Waals surface area contributed by atoms with E-state index in [0.717, 1.165) is 0 Å². The van der Waals surface area contributed by atoms with Gasteiger partial charge in [-0.25, -0.2) is 0 Å². The molecular weight excluding hydrogens is 217 g/mol. The molecule has 1 aromatic rings. The summed E-state index contributed by atoms with van der Waals surface area (Å²) in [6, 6.07) is 5.04. The number of benzene rings is 1. The van der Waals surface area contributed by atoms with Crippen LogP contribution in [0.2, 0.25) is 5.02 Å². The molecule has 0 radical (unpaired) electrons. The fraction of sp³-hybridized carbons (Fsp3) is 0. The van der Waals surface area contributed by atoms with Gasteiger partial charge in [-0.1, -0.05) is 17.7 Å². The van der Waals surface area contributed by atoms with E-state index < -0.39 is 0 Å². The molecule has 0 aliphatic heterocycles. The van der Waals surface area contributed by atoms with Crippen LogP contribution in [0.1, 0.15) is 0 Å². The summed E-state index contributed by atoms with van der Waals surface area (Å²) in [6.07, 6.45) is 0. The Bertz CT molecular complexity index is 264. The van der Waals surface area contributed by atoms with Crippen LogP contribution in [0.4, 0.5) is 5.69 Å². The van der Waals surface area contributed by atoms with Gasteiger partial charge < -0.3 is 0 Å². The Hall–Kier alpha value is -0.410. The Labute approximate surface area is 71.3 Å². The molecule has 2 nitrogen and oxygen atoms in total. The molecule has 0 aromatic heterocycles. The lowest BCUT2D eigenvalue weighted by Crippen LogP contribution is -2.55. The summed E-state index contributed by atoms with van der Waals surface area (Å²) >= 11 is 8.81. The Morgan fingerprint density at radius 1 is 1.50 bits per heavy atom. The van der Waals surface area contributed by atoms with E-state index in [1.165, 1.54) is 0 Å². The number of hydrogen-bond donors (Lipinski definition) is 1. The highest BCUT2D eigenvalue weighted by Gasteiger charge is 2.07. The van der Waals surface area contributed by atoms with Crippen LogP contribution in [0.3, 0.4) is 0 Å². The molecule has 0 saturated carbocycles. The fourth-order valence-electron chi connectivity index (χ4n) is 0.583. The number of nitrogens with one attached hydrogen (secondary N) is 1. The number of hydrogen-bond acceptors (Lipinski definition) is 1. The van der Waals surface area contributed by atoms with Crippen molar-refractivity contribution in [2.75, 3.05) is 0 Å². The van der Waals surface area contributed by atoms with Crippen molar-refractivity contribution >= 4 is 33.2 Å². The zero-order valence-electron chi connectivity index (χ0n) is 4.90. The molecule has 10 heavy (non-hydrogen) atoms.